The van der Waals surface area contributed by atoms with Crippen molar-refractivity contribution in [2.24, 2.45) is 11.3 Å². The van der Waals surface area contributed by atoms with Crippen LogP contribution in [0.3, 0.4) is 0 Å². The Morgan fingerprint density at radius 2 is 2.00 bits per heavy atom. The van der Waals surface area contributed by atoms with Crippen LogP contribution in [0.4, 0.5) is 0 Å². The normalized spacial score (nSPS) is 35.3. The minimum absolute atomic E-state index is 0.367. The monoisotopic (exact) mass is 294 g/mol. The highest BCUT2D eigenvalue weighted by Crippen LogP contribution is 2.38. The molecule has 1 N–H and O–H groups in total. The first-order valence-electron chi connectivity index (χ1n) is 9.24. The molecule has 1 saturated carbocycles. The first kappa shape index (κ1) is 15.8. The van der Waals surface area contributed by atoms with E-state index in [0.29, 0.717) is 11.5 Å². The van der Waals surface area contributed by atoms with Crippen molar-refractivity contribution in [1.82, 2.24) is 10.2 Å². The van der Waals surface area contributed by atoms with Crippen molar-refractivity contribution in [2.75, 3.05) is 32.8 Å². The van der Waals surface area contributed by atoms with E-state index in [4.69, 9.17) is 4.74 Å². The predicted molar refractivity (Wildman–Crippen MR) is 87.6 cm³/mol. The molecule has 0 aromatic heterocycles. The minimum atomic E-state index is 0.367. The van der Waals surface area contributed by atoms with Gasteiger partial charge in [-0.2, -0.15) is 0 Å². The smallest absolute Gasteiger partial charge is 0.0547 e. The van der Waals surface area contributed by atoms with Crippen LogP contribution in [0.1, 0.15) is 58.8 Å². The van der Waals surface area contributed by atoms with Crippen molar-refractivity contribution >= 4 is 0 Å². The lowest BCUT2D eigenvalue weighted by atomic mass is 9.85. The summed E-state index contributed by atoms with van der Waals surface area (Å²) in [7, 11) is 0. The van der Waals surface area contributed by atoms with Gasteiger partial charge >= 0.3 is 0 Å². The lowest BCUT2D eigenvalue weighted by molar-refractivity contribution is 0.0859. The van der Waals surface area contributed by atoms with E-state index in [9.17, 15) is 0 Å². The summed E-state index contributed by atoms with van der Waals surface area (Å²) in [4.78, 5) is 2.84. The average molecular weight is 294 g/mol. The Labute approximate surface area is 130 Å². The summed E-state index contributed by atoms with van der Waals surface area (Å²) in [6.45, 7) is 10.1. The van der Waals surface area contributed by atoms with Crippen LogP contribution in [0.15, 0.2) is 0 Å². The summed E-state index contributed by atoms with van der Waals surface area (Å²) in [6.07, 6.45) is 10.00. The van der Waals surface area contributed by atoms with E-state index < -0.39 is 0 Å². The highest BCUT2D eigenvalue weighted by molar-refractivity contribution is 4.94. The SMILES string of the molecule is CC(C)NCC1(CN2CCCC2C2CCCC2)CCOC1. The van der Waals surface area contributed by atoms with Gasteiger partial charge in [-0.1, -0.05) is 26.7 Å². The molecule has 2 heterocycles. The first-order chi connectivity index (χ1) is 10.2. The minimum Gasteiger partial charge on any atom is -0.381 e. The summed E-state index contributed by atoms with van der Waals surface area (Å²) in [5, 5.41) is 3.68. The topological polar surface area (TPSA) is 24.5 Å². The Balaban J connectivity index is 1.61. The Morgan fingerprint density at radius 1 is 1.19 bits per heavy atom. The highest BCUT2D eigenvalue weighted by Gasteiger charge is 2.41. The fraction of sp³-hybridized carbons (Fsp3) is 1.00. The Bertz CT molecular complexity index is 319. The fourth-order valence-corrected chi connectivity index (χ4v) is 4.75. The molecular formula is C18H34N2O. The van der Waals surface area contributed by atoms with E-state index in [-0.39, 0.29) is 0 Å². The molecular weight excluding hydrogens is 260 g/mol. The molecule has 2 atom stereocenters. The molecule has 0 bridgehead atoms. The first-order valence-corrected chi connectivity index (χ1v) is 9.24. The quantitative estimate of drug-likeness (QED) is 0.815. The number of nitrogens with zero attached hydrogens (tertiary/aromatic N) is 1. The maximum absolute atomic E-state index is 5.80. The third-order valence-electron chi connectivity index (χ3n) is 5.97. The Kier molecular flexibility index (Phi) is 5.23. The molecule has 2 unspecified atom stereocenters. The van der Waals surface area contributed by atoms with Crippen LogP contribution in [-0.2, 0) is 4.74 Å². The molecule has 3 nitrogen and oxygen atoms in total. The molecule has 0 spiro atoms. The highest BCUT2D eigenvalue weighted by atomic mass is 16.5. The van der Waals surface area contributed by atoms with Gasteiger partial charge in [0.2, 0.25) is 0 Å². The zero-order valence-corrected chi connectivity index (χ0v) is 14.1. The van der Waals surface area contributed by atoms with Crippen molar-refractivity contribution in [3.8, 4) is 0 Å². The molecule has 1 aliphatic carbocycles. The van der Waals surface area contributed by atoms with Gasteiger partial charge in [0, 0.05) is 37.2 Å². The number of likely N-dealkylation sites (tertiary alicyclic amines) is 1. The van der Waals surface area contributed by atoms with Crippen LogP contribution >= 0.6 is 0 Å². The zero-order chi connectivity index (χ0) is 14.7. The molecule has 0 aromatic rings. The number of ether oxygens (including phenoxy) is 1. The van der Waals surface area contributed by atoms with E-state index in [1.807, 2.05) is 0 Å². The van der Waals surface area contributed by atoms with Crippen LogP contribution in [0, 0.1) is 11.3 Å². The van der Waals surface area contributed by atoms with E-state index >= 15 is 0 Å². The van der Waals surface area contributed by atoms with Crippen LogP contribution in [-0.4, -0.2) is 49.8 Å². The molecule has 0 amide bonds. The molecule has 0 aromatic carbocycles. The predicted octanol–water partition coefficient (Wildman–Crippen LogP) is 3.05. The zero-order valence-electron chi connectivity index (χ0n) is 14.1. The van der Waals surface area contributed by atoms with Gasteiger partial charge in [-0.25, -0.2) is 0 Å². The summed E-state index contributed by atoms with van der Waals surface area (Å²) in [6, 6.07) is 1.45. The summed E-state index contributed by atoms with van der Waals surface area (Å²) in [5.41, 5.74) is 0.367. The maximum Gasteiger partial charge on any atom is 0.0547 e. The number of hydrogen-bond donors (Lipinski definition) is 1. The van der Waals surface area contributed by atoms with Gasteiger partial charge in [-0.3, -0.25) is 4.90 Å². The van der Waals surface area contributed by atoms with E-state index in [1.54, 1.807) is 0 Å². The standard InChI is InChI=1S/C18H34N2O/c1-15(2)19-12-18(9-11-21-14-18)13-20-10-5-8-17(20)16-6-3-4-7-16/h15-17,19H,3-14H2,1-2H3. The van der Waals surface area contributed by atoms with Gasteiger partial charge in [0.15, 0.2) is 0 Å². The number of hydrogen-bond acceptors (Lipinski definition) is 3. The second-order valence-electron chi connectivity index (χ2n) is 8.06. The molecule has 3 aliphatic rings. The average Bonchev–Trinajstić information content (AvgIpc) is 3.18. The van der Waals surface area contributed by atoms with Crippen molar-refractivity contribution < 1.29 is 4.74 Å². The van der Waals surface area contributed by atoms with Crippen LogP contribution < -0.4 is 5.32 Å². The lowest BCUT2D eigenvalue weighted by Gasteiger charge is -2.38. The summed E-state index contributed by atoms with van der Waals surface area (Å²) >= 11 is 0. The van der Waals surface area contributed by atoms with Gasteiger partial charge in [0.25, 0.3) is 0 Å². The molecule has 21 heavy (non-hydrogen) atoms. The van der Waals surface area contributed by atoms with Gasteiger partial charge in [-0.15, -0.1) is 0 Å². The second-order valence-corrected chi connectivity index (χ2v) is 8.06. The molecule has 3 fully saturated rings. The second kappa shape index (κ2) is 6.97. The summed E-state index contributed by atoms with van der Waals surface area (Å²) in [5.74, 6) is 0.991. The van der Waals surface area contributed by atoms with Gasteiger partial charge in [0.1, 0.15) is 0 Å². The van der Waals surface area contributed by atoms with E-state index in [2.05, 4.69) is 24.1 Å². The van der Waals surface area contributed by atoms with Crippen molar-refractivity contribution in [3.63, 3.8) is 0 Å². The third-order valence-corrected chi connectivity index (χ3v) is 5.97. The van der Waals surface area contributed by atoms with Crippen molar-refractivity contribution in [2.45, 2.75) is 70.9 Å². The van der Waals surface area contributed by atoms with Crippen LogP contribution in [0.2, 0.25) is 0 Å². The molecule has 2 aliphatic heterocycles. The molecule has 2 saturated heterocycles. The van der Waals surface area contributed by atoms with Gasteiger partial charge < -0.3 is 10.1 Å². The van der Waals surface area contributed by atoms with Gasteiger partial charge in [0.05, 0.1) is 6.61 Å². The lowest BCUT2D eigenvalue weighted by Crippen LogP contribution is -2.48. The van der Waals surface area contributed by atoms with Crippen molar-refractivity contribution in [1.29, 1.82) is 0 Å². The van der Waals surface area contributed by atoms with Gasteiger partial charge in [-0.05, 0) is 44.6 Å². The fourth-order valence-electron chi connectivity index (χ4n) is 4.75. The molecule has 122 valence electrons. The molecule has 3 rings (SSSR count). The summed E-state index contributed by atoms with van der Waals surface area (Å²) < 4.78 is 5.80. The van der Waals surface area contributed by atoms with Crippen LogP contribution in [0.25, 0.3) is 0 Å². The number of rotatable bonds is 6. The third kappa shape index (κ3) is 3.80. The van der Waals surface area contributed by atoms with Crippen molar-refractivity contribution in [3.05, 3.63) is 0 Å². The Hall–Kier alpha value is -0.120. The number of nitrogens with one attached hydrogen (secondary N) is 1. The molecule has 3 heteroatoms. The van der Waals surface area contributed by atoms with E-state index in [1.165, 1.54) is 58.0 Å². The van der Waals surface area contributed by atoms with Crippen LogP contribution in [0.5, 0.6) is 0 Å². The molecule has 0 radical (unpaired) electrons. The van der Waals surface area contributed by atoms with E-state index in [0.717, 1.165) is 31.7 Å². The maximum atomic E-state index is 5.80. The largest absolute Gasteiger partial charge is 0.381 e. The Morgan fingerprint density at radius 3 is 2.67 bits per heavy atom.